The molecule has 1 aromatic heterocycles. The zero-order valence-electron chi connectivity index (χ0n) is 6.71. The molecule has 4 nitrogen and oxygen atoms in total. The highest BCUT2D eigenvalue weighted by Crippen LogP contribution is 2.27. The Kier molecular flexibility index (Phi) is 1.88. The molecule has 1 heterocycles. The maximum absolute atomic E-state index is 10.9. The molecule has 1 aromatic rings. The molecule has 0 aromatic carbocycles. The minimum atomic E-state index is -0.475. The normalized spacial score (nSPS) is 9.42. The standard InChI is InChI=1S/C8H7NO3/c1-4(10)7-6(3-9)5(2)12-8(7)11/h11H,1-2H3. The molecule has 0 aliphatic heterocycles. The van der Waals surface area contributed by atoms with E-state index < -0.39 is 5.95 Å². The van der Waals surface area contributed by atoms with Crippen LogP contribution in [0.3, 0.4) is 0 Å². The molecule has 0 amide bonds. The van der Waals surface area contributed by atoms with Gasteiger partial charge in [0.25, 0.3) is 5.95 Å². The largest absolute Gasteiger partial charge is 0.480 e. The van der Waals surface area contributed by atoms with Gasteiger partial charge >= 0.3 is 0 Å². The minimum Gasteiger partial charge on any atom is -0.480 e. The Morgan fingerprint density at radius 3 is 2.58 bits per heavy atom. The fraction of sp³-hybridized carbons (Fsp3) is 0.250. The third kappa shape index (κ3) is 1.05. The molecule has 0 aliphatic carbocycles. The molecule has 1 rings (SSSR count). The van der Waals surface area contributed by atoms with Gasteiger partial charge in [0.05, 0.1) is 0 Å². The van der Waals surface area contributed by atoms with E-state index in [9.17, 15) is 4.79 Å². The second-order valence-electron chi connectivity index (χ2n) is 2.38. The summed E-state index contributed by atoms with van der Waals surface area (Å²) < 4.78 is 4.71. The average molecular weight is 165 g/mol. The van der Waals surface area contributed by atoms with Crippen molar-refractivity contribution in [2.45, 2.75) is 13.8 Å². The van der Waals surface area contributed by atoms with Crippen molar-refractivity contribution in [3.05, 3.63) is 16.9 Å². The fourth-order valence-electron chi connectivity index (χ4n) is 0.991. The Labute approximate surface area is 69.0 Å². The number of hydrogen-bond acceptors (Lipinski definition) is 4. The van der Waals surface area contributed by atoms with Crippen molar-refractivity contribution in [1.29, 1.82) is 5.26 Å². The van der Waals surface area contributed by atoms with E-state index in [-0.39, 0.29) is 22.7 Å². The van der Waals surface area contributed by atoms with Crippen molar-refractivity contribution in [2.75, 3.05) is 0 Å². The number of Topliss-reactive ketones (excluding diaryl/α,β-unsaturated/α-hetero) is 1. The summed E-state index contributed by atoms with van der Waals surface area (Å²) in [7, 11) is 0. The summed E-state index contributed by atoms with van der Waals surface area (Å²) in [6.07, 6.45) is 0. The summed E-state index contributed by atoms with van der Waals surface area (Å²) in [5, 5.41) is 17.7. The lowest BCUT2D eigenvalue weighted by Crippen LogP contribution is -1.93. The molecule has 62 valence electrons. The van der Waals surface area contributed by atoms with Gasteiger partial charge in [-0.25, -0.2) is 0 Å². The topological polar surface area (TPSA) is 74.2 Å². The van der Waals surface area contributed by atoms with Crippen LogP contribution in [0, 0.1) is 18.3 Å². The molecule has 0 radical (unpaired) electrons. The van der Waals surface area contributed by atoms with Crippen molar-refractivity contribution in [3.63, 3.8) is 0 Å². The highest BCUT2D eigenvalue weighted by atomic mass is 16.5. The Hall–Kier alpha value is -1.76. The van der Waals surface area contributed by atoms with Gasteiger partial charge in [-0.15, -0.1) is 0 Å². The molecule has 0 spiro atoms. The van der Waals surface area contributed by atoms with Crippen molar-refractivity contribution in [2.24, 2.45) is 0 Å². The highest BCUT2D eigenvalue weighted by molar-refractivity contribution is 5.98. The zero-order chi connectivity index (χ0) is 9.30. The molecule has 0 unspecified atom stereocenters. The van der Waals surface area contributed by atoms with Gasteiger partial charge in [-0.2, -0.15) is 5.26 Å². The van der Waals surface area contributed by atoms with E-state index in [0.29, 0.717) is 0 Å². The van der Waals surface area contributed by atoms with E-state index >= 15 is 0 Å². The molecule has 0 atom stereocenters. The predicted octanol–water partition coefficient (Wildman–Crippen LogP) is 1.37. The summed E-state index contributed by atoms with van der Waals surface area (Å²) >= 11 is 0. The lowest BCUT2D eigenvalue weighted by Gasteiger charge is -1.88. The number of nitrogens with zero attached hydrogens (tertiary/aromatic N) is 1. The first-order chi connectivity index (χ1) is 5.57. The van der Waals surface area contributed by atoms with Crippen molar-refractivity contribution >= 4 is 5.78 Å². The van der Waals surface area contributed by atoms with Crippen LogP contribution in [-0.2, 0) is 0 Å². The number of carbonyl (C=O) groups is 1. The fourth-order valence-corrected chi connectivity index (χ4v) is 0.991. The van der Waals surface area contributed by atoms with E-state index in [0.717, 1.165) is 0 Å². The van der Waals surface area contributed by atoms with Crippen molar-refractivity contribution < 1.29 is 14.3 Å². The quantitative estimate of drug-likeness (QED) is 0.637. The maximum atomic E-state index is 10.9. The van der Waals surface area contributed by atoms with Crippen LogP contribution in [0.25, 0.3) is 0 Å². The SMILES string of the molecule is CC(=O)c1c(O)oc(C)c1C#N. The van der Waals surface area contributed by atoms with Crippen LogP contribution in [0.15, 0.2) is 4.42 Å². The molecule has 0 aliphatic rings. The van der Waals surface area contributed by atoms with Gasteiger partial charge in [0.2, 0.25) is 0 Å². The van der Waals surface area contributed by atoms with E-state index in [1.165, 1.54) is 13.8 Å². The van der Waals surface area contributed by atoms with Gasteiger partial charge < -0.3 is 9.52 Å². The maximum Gasteiger partial charge on any atom is 0.294 e. The lowest BCUT2D eigenvalue weighted by atomic mass is 10.1. The summed E-state index contributed by atoms with van der Waals surface area (Å²) in [6.45, 7) is 2.79. The predicted molar refractivity (Wildman–Crippen MR) is 39.8 cm³/mol. The van der Waals surface area contributed by atoms with Gasteiger partial charge in [-0.05, 0) is 13.8 Å². The smallest absolute Gasteiger partial charge is 0.294 e. The van der Waals surface area contributed by atoms with Crippen LogP contribution in [0.2, 0.25) is 0 Å². The summed E-state index contributed by atoms with van der Waals surface area (Å²) in [5.74, 6) is -0.586. The van der Waals surface area contributed by atoms with Crippen LogP contribution in [0.1, 0.15) is 28.6 Å². The van der Waals surface area contributed by atoms with Gasteiger partial charge in [0.1, 0.15) is 23.0 Å². The molecule has 0 bridgehead atoms. The first-order valence-electron chi connectivity index (χ1n) is 3.31. The molecule has 1 N–H and O–H groups in total. The number of nitriles is 1. The van der Waals surface area contributed by atoms with Gasteiger partial charge in [-0.3, -0.25) is 4.79 Å². The summed E-state index contributed by atoms with van der Waals surface area (Å²) in [5.41, 5.74) is 0.0787. The summed E-state index contributed by atoms with van der Waals surface area (Å²) in [4.78, 5) is 10.9. The van der Waals surface area contributed by atoms with Crippen LogP contribution in [-0.4, -0.2) is 10.9 Å². The first-order valence-corrected chi connectivity index (χ1v) is 3.31. The van der Waals surface area contributed by atoms with E-state index in [1.54, 1.807) is 6.07 Å². The molecular formula is C8H7NO3. The van der Waals surface area contributed by atoms with Gasteiger partial charge in [0, 0.05) is 0 Å². The monoisotopic (exact) mass is 165 g/mol. The van der Waals surface area contributed by atoms with Crippen LogP contribution in [0.5, 0.6) is 5.95 Å². The number of aryl methyl sites for hydroxylation is 1. The number of carbonyl (C=O) groups excluding carboxylic acids is 1. The van der Waals surface area contributed by atoms with Gasteiger partial charge in [0.15, 0.2) is 5.78 Å². The third-order valence-corrected chi connectivity index (χ3v) is 1.53. The molecule has 0 saturated carbocycles. The Morgan fingerprint density at radius 1 is 1.67 bits per heavy atom. The van der Waals surface area contributed by atoms with E-state index in [4.69, 9.17) is 14.8 Å². The number of rotatable bonds is 1. The second kappa shape index (κ2) is 2.70. The van der Waals surface area contributed by atoms with Crippen LogP contribution in [0.4, 0.5) is 0 Å². The molecule has 12 heavy (non-hydrogen) atoms. The first kappa shape index (κ1) is 8.34. The van der Waals surface area contributed by atoms with Crippen molar-refractivity contribution in [3.8, 4) is 12.0 Å². The van der Waals surface area contributed by atoms with Crippen LogP contribution >= 0.6 is 0 Å². The minimum absolute atomic E-state index is 0.0324. The Balaban J connectivity index is 3.45. The van der Waals surface area contributed by atoms with Crippen LogP contribution < -0.4 is 0 Å². The molecule has 0 saturated heterocycles. The average Bonchev–Trinajstić information content (AvgIpc) is 2.24. The number of aromatic hydroxyl groups is 1. The lowest BCUT2D eigenvalue weighted by molar-refractivity contribution is 0.101. The molecule has 0 fully saturated rings. The number of ketones is 1. The summed E-state index contributed by atoms with van der Waals surface area (Å²) in [6, 6.07) is 1.79. The van der Waals surface area contributed by atoms with Gasteiger partial charge in [-0.1, -0.05) is 0 Å². The third-order valence-electron chi connectivity index (χ3n) is 1.53. The number of hydrogen-bond donors (Lipinski definition) is 1. The second-order valence-corrected chi connectivity index (χ2v) is 2.38. The van der Waals surface area contributed by atoms with E-state index in [1.807, 2.05) is 0 Å². The van der Waals surface area contributed by atoms with E-state index in [2.05, 4.69) is 0 Å². The Morgan fingerprint density at radius 2 is 2.25 bits per heavy atom. The molecule has 4 heteroatoms. The zero-order valence-corrected chi connectivity index (χ0v) is 6.71. The molecular weight excluding hydrogens is 158 g/mol. The van der Waals surface area contributed by atoms with Crippen molar-refractivity contribution in [1.82, 2.24) is 0 Å². The number of furan rings is 1. The Bertz CT molecular complexity index is 370. The highest BCUT2D eigenvalue weighted by Gasteiger charge is 2.20.